The number of rotatable bonds is 5. The fourth-order valence-electron chi connectivity index (χ4n) is 3.36. The number of hydrogen-bond acceptors (Lipinski definition) is 5. The van der Waals surface area contributed by atoms with E-state index in [-0.39, 0.29) is 0 Å². The average Bonchev–Trinajstić information content (AvgIpc) is 3.05. The smallest absolute Gasteiger partial charge is 0.328 e. The van der Waals surface area contributed by atoms with E-state index in [1.165, 1.54) is 0 Å². The van der Waals surface area contributed by atoms with E-state index in [0.29, 0.717) is 18.8 Å². The molecule has 0 atom stereocenters. The van der Waals surface area contributed by atoms with Crippen molar-refractivity contribution in [3.8, 4) is 5.75 Å². The van der Waals surface area contributed by atoms with Crippen molar-refractivity contribution in [3.05, 3.63) is 83.6 Å². The van der Waals surface area contributed by atoms with Crippen LogP contribution in [0.2, 0.25) is 0 Å². The Morgan fingerprint density at radius 2 is 1.66 bits per heavy atom. The maximum Gasteiger partial charge on any atom is 0.328 e. The van der Waals surface area contributed by atoms with Gasteiger partial charge in [-0.1, -0.05) is 42.5 Å². The Bertz CT molecular complexity index is 1160. The minimum atomic E-state index is -1.26. The predicted octanol–water partition coefficient (Wildman–Crippen LogP) is 4.42. The molecule has 0 unspecified atom stereocenters. The molecular formula is C25H25NO6. The first-order valence-corrected chi connectivity index (χ1v) is 10.1. The van der Waals surface area contributed by atoms with E-state index < -0.39 is 11.9 Å². The summed E-state index contributed by atoms with van der Waals surface area (Å²) in [5.74, 6) is -0.649. The van der Waals surface area contributed by atoms with Crippen molar-refractivity contribution < 1.29 is 29.0 Å². The summed E-state index contributed by atoms with van der Waals surface area (Å²) in [6.45, 7) is 1.54. The molecule has 7 heteroatoms. The third-order valence-electron chi connectivity index (χ3n) is 4.79. The summed E-state index contributed by atoms with van der Waals surface area (Å²) in [6.07, 6.45) is 4.35. The maximum atomic E-state index is 9.55. The van der Waals surface area contributed by atoms with Gasteiger partial charge in [-0.25, -0.2) is 9.59 Å². The zero-order chi connectivity index (χ0) is 23.1. The highest BCUT2D eigenvalue weighted by Crippen LogP contribution is 2.40. The van der Waals surface area contributed by atoms with Crippen LogP contribution < -0.4 is 4.74 Å². The van der Waals surface area contributed by atoms with Gasteiger partial charge in [-0.2, -0.15) is 0 Å². The molecule has 0 bridgehead atoms. The zero-order valence-corrected chi connectivity index (χ0v) is 17.9. The number of furan rings is 1. The number of hydrogen-bond donors (Lipinski definition) is 2. The monoisotopic (exact) mass is 435 g/mol. The quantitative estimate of drug-likeness (QED) is 0.572. The zero-order valence-electron chi connectivity index (χ0n) is 17.9. The normalized spacial score (nSPS) is 13.8. The molecule has 0 spiro atoms. The summed E-state index contributed by atoms with van der Waals surface area (Å²) in [7, 11) is 4.19. The third kappa shape index (κ3) is 5.65. The van der Waals surface area contributed by atoms with Crippen molar-refractivity contribution in [1.82, 2.24) is 4.90 Å². The number of para-hydroxylation sites is 2. The van der Waals surface area contributed by atoms with Gasteiger partial charge >= 0.3 is 11.9 Å². The Kier molecular flexibility index (Phi) is 7.46. The molecular weight excluding hydrogens is 410 g/mol. The first-order chi connectivity index (χ1) is 15.4. The Morgan fingerprint density at radius 3 is 2.34 bits per heavy atom. The van der Waals surface area contributed by atoms with Gasteiger partial charge in [0, 0.05) is 40.8 Å². The van der Waals surface area contributed by atoms with Gasteiger partial charge in [-0.15, -0.1) is 0 Å². The summed E-state index contributed by atoms with van der Waals surface area (Å²) in [5, 5.41) is 16.8. The van der Waals surface area contributed by atoms with Crippen LogP contribution in [-0.4, -0.2) is 47.7 Å². The van der Waals surface area contributed by atoms with Crippen LogP contribution >= 0.6 is 0 Å². The van der Waals surface area contributed by atoms with Crippen molar-refractivity contribution in [1.29, 1.82) is 0 Å². The van der Waals surface area contributed by atoms with E-state index in [9.17, 15) is 9.59 Å². The number of carboxylic acids is 2. The molecule has 0 aliphatic carbocycles. The lowest BCUT2D eigenvalue weighted by atomic mass is 9.99. The van der Waals surface area contributed by atoms with Crippen molar-refractivity contribution in [3.63, 3.8) is 0 Å². The van der Waals surface area contributed by atoms with Crippen LogP contribution in [0.15, 0.2) is 71.2 Å². The standard InChI is InChI=1S/C21H21NO2.C4H4O4/c1-22(2)13-7-10-17-15-8-3-5-11-19(15)23-14-18-16-9-4-6-12-20(16)24-21(17)18;5-3(6)1-2-4(7)8/h3-6,8-12H,7,13-14H2,1-2H3;1-2H,(H,5,6)(H,7,8)/b;2-1+. The number of ether oxygens (including phenoxy) is 1. The molecule has 1 aromatic heterocycles. The molecule has 2 N–H and O–H groups in total. The van der Waals surface area contributed by atoms with Gasteiger partial charge in [0.1, 0.15) is 23.7 Å². The molecule has 1 aliphatic rings. The van der Waals surface area contributed by atoms with Gasteiger partial charge in [-0.05, 0) is 32.6 Å². The fraction of sp³-hybridized carbons (Fsp3) is 0.200. The van der Waals surface area contributed by atoms with Gasteiger partial charge in [0.25, 0.3) is 0 Å². The second-order valence-electron chi connectivity index (χ2n) is 7.41. The third-order valence-corrected chi connectivity index (χ3v) is 4.79. The Balaban J connectivity index is 0.000000312. The van der Waals surface area contributed by atoms with E-state index in [0.717, 1.165) is 52.1 Å². The molecule has 166 valence electrons. The number of carbonyl (C=O) groups is 2. The van der Waals surface area contributed by atoms with Crippen molar-refractivity contribution in [2.24, 2.45) is 0 Å². The van der Waals surface area contributed by atoms with E-state index >= 15 is 0 Å². The van der Waals surface area contributed by atoms with Gasteiger partial charge in [-0.3, -0.25) is 0 Å². The Labute approximate surface area is 185 Å². The second-order valence-corrected chi connectivity index (χ2v) is 7.41. The van der Waals surface area contributed by atoms with Crippen molar-refractivity contribution in [2.45, 2.75) is 13.0 Å². The lowest BCUT2D eigenvalue weighted by Gasteiger charge is -2.10. The van der Waals surface area contributed by atoms with Crippen LogP contribution in [0.3, 0.4) is 0 Å². The van der Waals surface area contributed by atoms with Crippen LogP contribution in [0, 0.1) is 0 Å². The molecule has 4 rings (SSSR count). The van der Waals surface area contributed by atoms with Gasteiger partial charge in [0.2, 0.25) is 0 Å². The number of fused-ring (bicyclic) bond motifs is 4. The molecule has 32 heavy (non-hydrogen) atoms. The SMILES string of the molecule is CN(C)CCC=C1c2ccccc2OCc2c1oc1ccccc21.O=C(O)/C=C/C(=O)O. The molecule has 2 aromatic carbocycles. The van der Waals surface area contributed by atoms with E-state index in [1.807, 2.05) is 30.3 Å². The van der Waals surface area contributed by atoms with E-state index in [2.05, 4.69) is 43.3 Å². The molecule has 0 radical (unpaired) electrons. The maximum absolute atomic E-state index is 9.55. The number of nitrogens with zero attached hydrogens (tertiary/aromatic N) is 1. The number of benzene rings is 2. The average molecular weight is 435 g/mol. The summed E-state index contributed by atoms with van der Waals surface area (Å²) >= 11 is 0. The van der Waals surface area contributed by atoms with Crippen molar-refractivity contribution in [2.75, 3.05) is 20.6 Å². The number of carboxylic acid groups (broad SMARTS) is 2. The van der Waals surface area contributed by atoms with Crippen LogP contribution in [0.5, 0.6) is 5.75 Å². The second kappa shape index (κ2) is 10.5. The summed E-state index contributed by atoms with van der Waals surface area (Å²) in [6, 6.07) is 16.4. The minimum Gasteiger partial charge on any atom is -0.488 e. The lowest BCUT2D eigenvalue weighted by molar-refractivity contribution is -0.134. The molecule has 0 fully saturated rings. The molecule has 0 saturated heterocycles. The van der Waals surface area contributed by atoms with E-state index in [1.54, 1.807) is 0 Å². The topological polar surface area (TPSA) is 100 Å². The molecule has 2 heterocycles. The van der Waals surface area contributed by atoms with Crippen LogP contribution in [0.1, 0.15) is 23.3 Å². The van der Waals surface area contributed by atoms with Crippen molar-refractivity contribution >= 4 is 28.5 Å². The Morgan fingerprint density at radius 1 is 1.00 bits per heavy atom. The number of aliphatic carboxylic acids is 2. The molecule has 0 saturated carbocycles. The highest BCUT2D eigenvalue weighted by atomic mass is 16.5. The van der Waals surface area contributed by atoms with Gasteiger partial charge in [0.05, 0.1) is 0 Å². The van der Waals surface area contributed by atoms with Crippen LogP contribution in [0.25, 0.3) is 16.5 Å². The first-order valence-electron chi connectivity index (χ1n) is 10.1. The van der Waals surface area contributed by atoms with Crippen LogP contribution in [-0.2, 0) is 16.2 Å². The summed E-state index contributed by atoms with van der Waals surface area (Å²) in [4.78, 5) is 21.3. The van der Waals surface area contributed by atoms with Crippen LogP contribution in [0.4, 0.5) is 0 Å². The molecule has 7 nitrogen and oxygen atoms in total. The van der Waals surface area contributed by atoms with Gasteiger partial charge < -0.3 is 24.3 Å². The Hall–Kier alpha value is -3.84. The van der Waals surface area contributed by atoms with Gasteiger partial charge in [0.15, 0.2) is 0 Å². The molecule has 1 aliphatic heterocycles. The summed E-state index contributed by atoms with van der Waals surface area (Å²) in [5.41, 5.74) is 4.30. The molecule has 0 amide bonds. The van der Waals surface area contributed by atoms with E-state index in [4.69, 9.17) is 19.4 Å². The predicted molar refractivity (Wildman–Crippen MR) is 122 cm³/mol. The highest BCUT2D eigenvalue weighted by molar-refractivity contribution is 5.92. The molecule has 3 aromatic rings. The largest absolute Gasteiger partial charge is 0.488 e. The fourth-order valence-corrected chi connectivity index (χ4v) is 3.36. The minimum absolute atomic E-state index is 0.536. The first kappa shape index (κ1) is 22.8. The highest BCUT2D eigenvalue weighted by Gasteiger charge is 2.24. The summed E-state index contributed by atoms with van der Waals surface area (Å²) < 4.78 is 12.3. The lowest BCUT2D eigenvalue weighted by Crippen LogP contribution is -2.12.